The van der Waals surface area contributed by atoms with Crippen LogP contribution >= 0.6 is 0 Å². The molecular weight excluding hydrogens is 669 g/mol. The molecular formula is C51H32N4. The molecule has 1 spiro atoms. The first-order chi connectivity index (χ1) is 27.3. The highest BCUT2D eigenvalue weighted by Gasteiger charge is 2.49. The van der Waals surface area contributed by atoms with Crippen molar-refractivity contribution in [1.29, 1.82) is 0 Å². The number of benzene rings is 5. The van der Waals surface area contributed by atoms with E-state index in [-0.39, 0.29) is 0 Å². The molecule has 2 aliphatic rings. The minimum atomic E-state index is -0.619. The van der Waals surface area contributed by atoms with Crippen LogP contribution in [-0.2, 0) is 5.41 Å². The molecule has 0 aliphatic heterocycles. The molecule has 4 heterocycles. The summed E-state index contributed by atoms with van der Waals surface area (Å²) in [6, 6.07) is 61.2. The van der Waals surface area contributed by atoms with Crippen molar-refractivity contribution in [2.45, 2.75) is 5.41 Å². The number of rotatable bonds is 4. The van der Waals surface area contributed by atoms with Crippen molar-refractivity contribution in [2.75, 3.05) is 0 Å². The number of pyridine rings is 4. The Hall–Kier alpha value is -7.30. The van der Waals surface area contributed by atoms with Crippen molar-refractivity contribution in [3.8, 4) is 78.4 Å². The number of fused-ring (bicyclic) bond motifs is 12. The van der Waals surface area contributed by atoms with Crippen LogP contribution in [0.25, 0.3) is 78.4 Å². The highest BCUT2D eigenvalue weighted by atomic mass is 14.8. The third-order valence-electron chi connectivity index (χ3n) is 11.4. The van der Waals surface area contributed by atoms with E-state index in [1.807, 2.05) is 61.2 Å². The van der Waals surface area contributed by atoms with Gasteiger partial charge in [0.05, 0.1) is 28.2 Å². The van der Waals surface area contributed by atoms with Crippen molar-refractivity contribution in [2.24, 2.45) is 0 Å². The summed E-state index contributed by atoms with van der Waals surface area (Å²) >= 11 is 0. The summed E-state index contributed by atoms with van der Waals surface area (Å²) in [5, 5.41) is 0. The van der Waals surface area contributed by atoms with Crippen molar-refractivity contribution < 1.29 is 0 Å². The van der Waals surface area contributed by atoms with Crippen molar-refractivity contribution in [1.82, 2.24) is 19.9 Å². The number of hydrogen-bond donors (Lipinski definition) is 0. The lowest BCUT2D eigenvalue weighted by Crippen LogP contribution is -2.29. The van der Waals surface area contributed by atoms with Gasteiger partial charge in [0.15, 0.2) is 0 Å². The normalized spacial score (nSPS) is 12.9. The third kappa shape index (κ3) is 4.78. The van der Waals surface area contributed by atoms with Crippen LogP contribution in [0.1, 0.15) is 22.3 Å². The fourth-order valence-electron chi connectivity index (χ4n) is 8.91. The number of aromatic nitrogens is 4. The zero-order chi connectivity index (χ0) is 36.3. The second-order valence-corrected chi connectivity index (χ2v) is 14.2. The molecule has 0 amide bonds. The standard InChI is InChI=1S/C51H32N4/c1-2-12-38-37(11-1)41-23-19-33(35-21-25-49(54-31-35)47-17-7-9-27-52-47)29-45(41)51(43-15-5-3-13-39(43)40-14-4-6-16-44(40)51)46-30-34(20-24-42(38)46)36-22-26-50(55-32-36)48-18-8-10-28-53-48/h1-32H. The van der Waals surface area contributed by atoms with E-state index in [0.29, 0.717) is 0 Å². The van der Waals surface area contributed by atoms with Gasteiger partial charge in [-0.15, -0.1) is 0 Å². The lowest BCUT2D eigenvalue weighted by atomic mass is 9.65. The molecule has 0 bridgehead atoms. The first-order valence-electron chi connectivity index (χ1n) is 18.6. The summed E-state index contributed by atoms with van der Waals surface area (Å²) in [6.07, 6.45) is 7.58. The highest BCUT2D eigenvalue weighted by Crippen LogP contribution is 2.62. The second-order valence-electron chi connectivity index (χ2n) is 14.2. The first-order valence-corrected chi connectivity index (χ1v) is 18.6. The van der Waals surface area contributed by atoms with Gasteiger partial charge in [0, 0.05) is 35.9 Å². The van der Waals surface area contributed by atoms with Gasteiger partial charge < -0.3 is 0 Å². The Labute approximate surface area is 319 Å². The van der Waals surface area contributed by atoms with Gasteiger partial charge in [-0.25, -0.2) is 0 Å². The summed E-state index contributed by atoms with van der Waals surface area (Å²) in [5.74, 6) is 0. The molecule has 256 valence electrons. The fraction of sp³-hybridized carbons (Fsp3) is 0.0196. The maximum Gasteiger partial charge on any atom is 0.0886 e. The van der Waals surface area contributed by atoms with Crippen molar-refractivity contribution >= 4 is 0 Å². The molecule has 4 aromatic heterocycles. The smallest absolute Gasteiger partial charge is 0.0886 e. The summed E-state index contributed by atoms with van der Waals surface area (Å²) < 4.78 is 0. The molecule has 0 radical (unpaired) electrons. The predicted octanol–water partition coefficient (Wildman–Crippen LogP) is 11.9. The SMILES string of the molecule is c1ccc(-c2ccc(-c3ccc4c(c3)C3(c5cc(-c6ccc(-c7ccccn7)nc6)ccc5-c5ccccc5-4)c4ccccc4-c4ccccc43)cn2)nc1. The zero-order valence-corrected chi connectivity index (χ0v) is 29.8. The Kier molecular flexibility index (Phi) is 7.04. The Morgan fingerprint density at radius 3 is 1.07 bits per heavy atom. The van der Waals surface area contributed by atoms with Crippen LogP contribution in [0.15, 0.2) is 195 Å². The topological polar surface area (TPSA) is 51.6 Å². The molecule has 2 aliphatic carbocycles. The lowest BCUT2D eigenvalue weighted by molar-refractivity contribution is 0.776. The van der Waals surface area contributed by atoms with Crippen molar-refractivity contribution in [3.63, 3.8) is 0 Å². The molecule has 5 aromatic carbocycles. The van der Waals surface area contributed by atoms with Gasteiger partial charge in [-0.05, 0) is 115 Å². The minimum Gasteiger partial charge on any atom is -0.255 e. The van der Waals surface area contributed by atoms with Gasteiger partial charge in [0.25, 0.3) is 0 Å². The van der Waals surface area contributed by atoms with Gasteiger partial charge >= 0.3 is 0 Å². The lowest BCUT2D eigenvalue weighted by Gasteiger charge is -2.36. The van der Waals surface area contributed by atoms with E-state index in [9.17, 15) is 0 Å². The second kappa shape index (κ2) is 12.4. The summed E-state index contributed by atoms with van der Waals surface area (Å²) in [5.41, 5.74) is 19.7. The van der Waals surface area contributed by atoms with Crippen LogP contribution in [0.2, 0.25) is 0 Å². The zero-order valence-electron chi connectivity index (χ0n) is 29.8. The fourth-order valence-corrected chi connectivity index (χ4v) is 8.91. The minimum absolute atomic E-state index is 0.619. The third-order valence-corrected chi connectivity index (χ3v) is 11.4. The van der Waals surface area contributed by atoms with Gasteiger partial charge in [-0.3, -0.25) is 19.9 Å². The van der Waals surface area contributed by atoms with E-state index in [2.05, 4.69) is 143 Å². The average Bonchev–Trinajstić information content (AvgIpc) is 3.52. The molecule has 0 fully saturated rings. The molecule has 0 saturated carbocycles. The van der Waals surface area contributed by atoms with E-state index in [1.165, 1.54) is 55.6 Å². The Morgan fingerprint density at radius 1 is 0.273 bits per heavy atom. The van der Waals surface area contributed by atoms with Gasteiger partial charge in [0.2, 0.25) is 0 Å². The summed E-state index contributed by atoms with van der Waals surface area (Å²) in [7, 11) is 0. The monoisotopic (exact) mass is 700 g/mol. The Balaban J connectivity index is 1.19. The predicted molar refractivity (Wildman–Crippen MR) is 221 cm³/mol. The van der Waals surface area contributed by atoms with E-state index < -0.39 is 5.41 Å². The van der Waals surface area contributed by atoms with Crippen molar-refractivity contribution in [3.05, 3.63) is 217 Å². The number of nitrogens with zero attached hydrogens (tertiary/aromatic N) is 4. The van der Waals surface area contributed by atoms with Crippen LogP contribution in [-0.4, -0.2) is 19.9 Å². The van der Waals surface area contributed by atoms with Crippen LogP contribution in [0.5, 0.6) is 0 Å². The van der Waals surface area contributed by atoms with Crippen LogP contribution in [0, 0.1) is 0 Å². The van der Waals surface area contributed by atoms with E-state index >= 15 is 0 Å². The van der Waals surface area contributed by atoms with E-state index in [1.54, 1.807) is 0 Å². The molecule has 55 heavy (non-hydrogen) atoms. The molecule has 11 rings (SSSR count). The molecule has 4 heteroatoms. The largest absolute Gasteiger partial charge is 0.255 e. The molecule has 0 N–H and O–H groups in total. The summed E-state index contributed by atoms with van der Waals surface area (Å²) in [6.45, 7) is 0. The van der Waals surface area contributed by atoms with Crippen LogP contribution in [0.3, 0.4) is 0 Å². The molecule has 0 unspecified atom stereocenters. The highest BCUT2D eigenvalue weighted by molar-refractivity contribution is 5.98. The van der Waals surface area contributed by atoms with E-state index in [0.717, 1.165) is 45.0 Å². The van der Waals surface area contributed by atoms with Gasteiger partial charge in [0.1, 0.15) is 0 Å². The maximum absolute atomic E-state index is 4.89. The van der Waals surface area contributed by atoms with E-state index in [4.69, 9.17) is 9.97 Å². The van der Waals surface area contributed by atoms with Crippen LogP contribution < -0.4 is 0 Å². The average molecular weight is 701 g/mol. The van der Waals surface area contributed by atoms with Gasteiger partial charge in [-0.2, -0.15) is 0 Å². The molecule has 9 aromatic rings. The first kappa shape index (κ1) is 31.2. The summed E-state index contributed by atoms with van der Waals surface area (Å²) in [4.78, 5) is 18.8. The Morgan fingerprint density at radius 2 is 0.655 bits per heavy atom. The molecule has 0 atom stereocenters. The maximum atomic E-state index is 4.89. The number of hydrogen-bond acceptors (Lipinski definition) is 4. The van der Waals surface area contributed by atoms with Crippen LogP contribution in [0.4, 0.5) is 0 Å². The molecule has 4 nitrogen and oxygen atoms in total. The quantitative estimate of drug-likeness (QED) is 0.183. The Bertz CT molecular complexity index is 2700. The van der Waals surface area contributed by atoms with Gasteiger partial charge in [-0.1, -0.05) is 121 Å². The molecule has 0 saturated heterocycles.